The largest absolute Gasteiger partial charge is 0.353 e. The second kappa shape index (κ2) is 2.68. The van der Waals surface area contributed by atoms with Crippen molar-refractivity contribution in [2.24, 2.45) is 5.92 Å². The highest BCUT2D eigenvalue weighted by atomic mass is 16.2. The molecule has 0 aromatic carbocycles. The molecule has 0 spiro atoms. The molecule has 0 radical (unpaired) electrons. The van der Waals surface area contributed by atoms with Crippen molar-refractivity contribution < 1.29 is 4.79 Å². The average Bonchev–Trinajstić information content (AvgIpc) is 2.39. The summed E-state index contributed by atoms with van der Waals surface area (Å²) in [5, 5.41) is 2.88. The van der Waals surface area contributed by atoms with E-state index >= 15 is 0 Å². The van der Waals surface area contributed by atoms with E-state index in [1.54, 1.807) is 0 Å². The quantitative estimate of drug-likeness (QED) is 0.598. The summed E-state index contributed by atoms with van der Waals surface area (Å²) in [6.07, 6.45) is 0. The number of hydrogen-bond donors (Lipinski definition) is 1. The molecule has 0 bridgehead atoms. The van der Waals surface area contributed by atoms with Crippen molar-refractivity contribution in [3.63, 3.8) is 0 Å². The van der Waals surface area contributed by atoms with Crippen LogP contribution in [0.15, 0.2) is 11.1 Å². The first-order chi connectivity index (χ1) is 5.04. The Morgan fingerprint density at radius 1 is 1.36 bits per heavy atom. The van der Waals surface area contributed by atoms with Crippen LogP contribution in [0.3, 0.4) is 0 Å². The minimum absolute atomic E-state index is 0.123. The average molecular weight is 153 g/mol. The molecule has 0 heterocycles. The van der Waals surface area contributed by atoms with Gasteiger partial charge >= 0.3 is 0 Å². The molecule has 0 fully saturated rings. The van der Waals surface area contributed by atoms with E-state index in [4.69, 9.17) is 0 Å². The van der Waals surface area contributed by atoms with Gasteiger partial charge in [0.25, 0.3) is 0 Å². The second-order valence-corrected chi connectivity index (χ2v) is 3.46. The molecule has 1 N–H and O–H groups in total. The van der Waals surface area contributed by atoms with Crippen LogP contribution in [0.2, 0.25) is 0 Å². The molecule has 0 saturated heterocycles. The van der Waals surface area contributed by atoms with Gasteiger partial charge in [0.2, 0.25) is 5.91 Å². The van der Waals surface area contributed by atoms with E-state index in [9.17, 15) is 4.79 Å². The van der Waals surface area contributed by atoms with Gasteiger partial charge < -0.3 is 5.32 Å². The van der Waals surface area contributed by atoms with E-state index in [-0.39, 0.29) is 17.9 Å². The number of carbonyl (C=O) groups excluding carboxylic acids is 1. The summed E-state index contributed by atoms with van der Waals surface area (Å²) < 4.78 is 0. The van der Waals surface area contributed by atoms with Crippen LogP contribution in [0.4, 0.5) is 0 Å². The Bertz CT molecular complexity index is 204. The van der Waals surface area contributed by atoms with E-state index in [0.29, 0.717) is 0 Å². The van der Waals surface area contributed by atoms with Gasteiger partial charge in [-0.15, -0.1) is 0 Å². The first-order valence-electron chi connectivity index (χ1n) is 4.01. The van der Waals surface area contributed by atoms with Crippen molar-refractivity contribution in [2.45, 2.75) is 33.7 Å². The van der Waals surface area contributed by atoms with Crippen molar-refractivity contribution in [3.05, 3.63) is 11.1 Å². The van der Waals surface area contributed by atoms with E-state index in [2.05, 4.69) is 5.32 Å². The fourth-order valence-electron chi connectivity index (χ4n) is 1.24. The molecule has 1 rings (SSSR count). The predicted octanol–water partition coefficient (Wildman–Crippen LogP) is 1.48. The van der Waals surface area contributed by atoms with Crippen LogP contribution in [0, 0.1) is 5.92 Å². The predicted molar refractivity (Wildman–Crippen MR) is 45.1 cm³/mol. The van der Waals surface area contributed by atoms with E-state index in [0.717, 1.165) is 0 Å². The summed E-state index contributed by atoms with van der Waals surface area (Å²) in [4.78, 5) is 11.3. The Hall–Kier alpha value is -0.790. The third kappa shape index (κ3) is 1.62. The van der Waals surface area contributed by atoms with Crippen LogP contribution in [0.1, 0.15) is 27.7 Å². The maximum absolute atomic E-state index is 11.3. The fourth-order valence-corrected chi connectivity index (χ4v) is 1.24. The molecule has 2 nitrogen and oxygen atoms in total. The zero-order chi connectivity index (χ0) is 8.59. The highest BCUT2D eigenvalue weighted by Gasteiger charge is 2.35. The van der Waals surface area contributed by atoms with Gasteiger partial charge in [0, 0.05) is 6.04 Å². The lowest BCUT2D eigenvalue weighted by atomic mass is 10.2. The first kappa shape index (κ1) is 8.31. The molecule has 0 saturated carbocycles. The number of nitrogens with one attached hydrogen (secondary N) is 1. The Morgan fingerprint density at radius 3 is 2.09 bits per heavy atom. The lowest BCUT2D eigenvalue weighted by Gasteiger charge is -2.07. The van der Waals surface area contributed by atoms with Gasteiger partial charge in [-0.25, -0.2) is 0 Å². The minimum Gasteiger partial charge on any atom is -0.353 e. The van der Waals surface area contributed by atoms with Crippen molar-refractivity contribution in [1.82, 2.24) is 5.32 Å². The van der Waals surface area contributed by atoms with Gasteiger partial charge in [-0.05, 0) is 27.7 Å². The third-order valence-electron chi connectivity index (χ3n) is 2.10. The highest BCUT2D eigenvalue weighted by molar-refractivity contribution is 5.89. The zero-order valence-electron chi connectivity index (χ0n) is 7.56. The smallest absolute Gasteiger partial charge is 0.231 e. The van der Waals surface area contributed by atoms with E-state index < -0.39 is 0 Å². The maximum atomic E-state index is 11.3. The van der Waals surface area contributed by atoms with Gasteiger partial charge in [0.05, 0.1) is 5.92 Å². The first-order valence-corrected chi connectivity index (χ1v) is 4.01. The molecule has 11 heavy (non-hydrogen) atoms. The normalized spacial score (nSPS) is 17.5. The molecule has 0 aromatic rings. The molecular formula is C9H15NO. The van der Waals surface area contributed by atoms with Crippen LogP contribution < -0.4 is 5.32 Å². The third-order valence-corrected chi connectivity index (χ3v) is 2.10. The van der Waals surface area contributed by atoms with Gasteiger partial charge in [-0.3, -0.25) is 4.79 Å². The van der Waals surface area contributed by atoms with Crippen LogP contribution >= 0.6 is 0 Å². The van der Waals surface area contributed by atoms with Crippen molar-refractivity contribution >= 4 is 5.91 Å². The number of carbonyl (C=O) groups is 1. The topological polar surface area (TPSA) is 29.1 Å². The standard InChI is InChI=1S/C9H15NO/c1-5(2)10-9(11)8-6(3)7(8)4/h5,8H,1-4H3,(H,10,11). The van der Waals surface area contributed by atoms with Gasteiger partial charge in [-0.1, -0.05) is 11.1 Å². The minimum atomic E-state index is 0.123. The van der Waals surface area contributed by atoms with Crippen LogP contribution in [0.5, 0.6) is 0 Å². The Balaban J connectivity index is 2.36. The second-order valence-electron chi connectivity index (χ2n) is 3.46. The zero-order valence-corrected chi connectivity index (χ0v) is 7.56. The SMILES string of the molecule is CC1=C(C)C1C(=O)NC(C)C. The molecule has 1 aliphatic rings. The number of rotatable bonds is 2. The van der Waals surface area contributed by atoms with Crippen molar-refractivity contribution in [2.75, 3.05) is 0 Å². The molecule has 1 amide bonds. The lowest BCUT2D eigenvalue weighted by molar-refractivity contribution is -0.122. The molecular weight excluding hydrogens is 138 g/mol. The lowest BCUT2D eigenvalue weighted by Crippen LogP contribution is -2.32. The molecule has 1 aliphatic carbocycles. The summed E-state index contributed by atoms with van der Waals surface area (Å²) in [5.74, 6) is 0.285. The van der Waals surface area contributed by atoms with Crippen LogP contribution in [0.25, 0.3) is 0 Å². The highest BCUT2D eigenvalue weighted by Crippen LogP contribution is 2.38. The van der Waals surface area contributed by atoms with Gasteiger partial charge in [-0.2, -0.15) is 0 Å². The molecule has 2 heteroatoms. The molecule has 0 aromatic heterocycles. The molecule has 0 aliphatic heterocycles. The maximum Gasteiger partial charge on any atom is 0.231 e. The monoisotopic (exact) mass is 153 g/mol. The van der Waals surface area contributed by atoms with Crippen LogP contribution in [-0.2, 0) is 4.79 Å². The van der Waals surface area contributed by atoms with Crippen LogP contribution in [-0.4, -0.2) is 11.9 Å². The summed E-state index contributed by atoms with van der Waals surface area (Å²) in [5.41, 5.74) is 2.48. The Kier molecular flexibility index (Phi) is 2.03. The van der Waals surface area contributed by atoms with Crippen molar-refractivity contribution in [1.29, 1.82) is 0 Å². The van der Waals surface area contributed by atoms with E-state index in [1.165, 1.54) is 11.1 Å². The number of hydrogen-bond acceptors (Lipinski definition) is 1. The summed E-state index contributed by atoms with van der Waals surface area (Å²) in [7, 11) is 0. The van der Waals surface area contributed by atoms with Gasteiger partial charge in [0.1, 0.15) is 0 Å². The Labute approximate surface area is 67.7 Å². The number of amides is 1. The van der Waals surface area contributed by atoms with Gasteiger partial charge in [0.15, 0.2) is 0 Å². The molecule has 0 atom stereocenters. The van der Waals surface area contributed by atoms with Crippen molar-refractivity contribution in [3.8, 4) is 0 Å². The molecule has 62 valence electrons. The molecule has 0 unspecified atom stereocenters. The summed E-state index contributed by atoms with van der Waals surface area (Å²) in [6.45, 7) is 7.98. The fraction of sp³-hybridized carbons (Fsp3) is 0.667. The Morgan fingerprint density at radius 2 is 1.82 bits per heavy atom. The summed E-state index contributed by atoms with van der Waals surface area (Å²) in [6, 6.07) is 0.253. The van der Waals surface area contributed by atoms with E-state index in [1.807, 2.05) is 27.7 Å². The summed E-state index contributed by atoms with van der Waals surface area (Å²) >= 11 is 0.